The minimum Gasteiger partial charge on any atom is -0.396 e. The summed E-state index contributed by atoms with van der Waals surface area (Å²) in [5.74, 6) is 0.173. The summed E-state index contributed by atoms with van der Waals surface area (Å²) in [5, 5.41) is 8.96. The van der Waals surface area contributed by atoms with Crippen LogP contribution in [0.4, 0.5) is 0 Å². The molecule has 1 aromatic carbocycles. The normalized spacial score (nSPS) is 11.4. The minimum atomic E-state index is 0.167. The van der Waals surface area contributed by atoms with E-state index in [1.165, 1.54) is 5.56 Å². The van der Waals surface area contributed by atoms with Crippen molar-refractivity contribution in [1.82, 2.24) is 4.90 Å². The lowest BCUT2D eigenvalue weighted by Crippen LogP contribution is -2.37. The Morgan fingerprint density at radius 1 is 1.20 bits per heavy atom. The molecule has 0 bridgehead atoms. The molecule has 3 heteroatoms. The van der Waals surface area contributed by atoms with Crippen molar-refractivity contribution in [1.29, 1.82) is 0 Å². The number of ketones is 1. The Hall–Kier alpha value is -1.19. The summed E-state index contributed by atoms with van der Waals surface area (Å²) in [6, 6.07) is 4.43. The molecule has 0 aromatic heterocycles. The van der Waals surface area contributed by atoms with E-state index in [9.17, 15) is 4.79 Å². The summed E-state index contributed by atoms with van der Waals surface area (Å²) in [5.41, 5.74) is 4.15. The Labute approximate surface area is 122 Å². The van der Waals surface area contributed by atoms with Crippen LogP contribution in [0.1, 0.15) is 47.3 Å². The molecule has 1 N–H and O–H groups in total. The van der Waals surface area contributed by atoms with E-state index in [-0.39, 0.29) is 12.4 Å². The fourth-order valence-electron chi connectivity index (χ4n) is 2.68. The van der Waals surface area contributed by atoms with Crippen molar-refractivity contribution in [3.63, 3.8) is 0 Å². The fraction of sp³-hybridized carbons (Fsp3) is 0.588. The van der Waals surface area contributed by atoms with Gasteiger partial charge in [0.15, 0.2) is 5.78 Å². The second-order valence-electron chi connectivity index (χ2n) is 5.84. The van der Waals surface area contributed by atoms with Crippen molar-refractivity contribution in [2.45, 2.75) is 47.1 Å². The lowest BCUT2D eigenvalue weighted by molar-refractivity contribution is 0.0895. The predicted octanol–water partition coefficient (Wildman–Crippen LogP) is 2.89. The Balaban J connectivity index is 2.89. The number of hydrogen-bond acceptors (Lipinski definition) is 3. The van der Waals surface area contributed by atoms with Gasteiger partial charge in [-0.15, -0.1) is 0 Å². The van der Waals surface area contributed by atoms with Crippen molar-refractivity contribution in [2.75, 3.05) is 19.7 Å². The highest BCUT2D eigenvalue weighted by Crippen LogP contribution is 2.18. The molecule has 1 rings (SSSR count). The minimum absolute atomic E-state index is 0.167. The largest absolute Gasteiger partial charge is 0.396 e. The van der Waals surface area contributed by atoms with Crippen LogP contribution in [0.25, 0.3) is 0 Å². The van der Waals surface area contributed by atoms with E-state index in [0.717, 1.165) is 23.2 Å². The number of nitrogens with zero attached hydrogens (tertiary/aromatic N) is 1. The number of Topliss-reactive ketones (excluding diaryl/α,β-unsaturated/α-hetero) is 1. The average molecular weight is 277 g/mol. The van der Waals surface area contributed by atoms with Gasteiger partial charge in [-0.1, -0.05) is 17.7 Å². The van der Waals surface area contributed by atoms with E-state index in [0.29, 0.717) is 19.0 Å². The first-order valence-corrected chi connectivity index (χ1v) is 7.32. The molecular weight excluding hydrogens is 250 g/mol. The highest BCUT2D eigenvalue weighted by atomic mass is 16.3. The zero-order valence-electron chi connectivity index (χ0n) is 13.4. The van der Waals surface area contributed by atoms with Crippen LogP contribution in [0.3, 0.4) is 0 Å². The molecule has 0 unspecified atom stereocenters. The van der Waals surface area contributed by atoms with E-state index in [4.69, 9.17) is 5.11 Å². The van der Waals surface area contributed by atoms with Crippen LogP contribution in [0.15, 0.2) is 12.1 Å². The molecular formula is C17H27NO2. The number of rotatable bonds is 7. The number of aliphatic hydroxyl groups excluding tert-OH is 1. The molecule has 0 amide bonds. The van der Waals surface area contributed by atoms with Gasteiger partial charge in [-0.05, 0) is 52.2 Å². The molecule has 20 heavy (non-hydrogen) atoms. The van der Waals surface area contributed by atoms with Crippen LogP contribution in [0.5, 0.6) is 0 Å². The van der Waals surface area contributed by atoms with Crippen LogP contribution in [0, 0.1) is 20.8 Å². The Bertz CT molecular complexity index is 443. The van der Waals surface area contributed by atoms with Gasteiger partial charge in [-0.25, -0.2) is 0 Å². The number of carbonyl (C=O) groups is 1. The van der Waals surface area contributed by atoms with E-state index in [1.807, 2.05) is 13.8 Å². The first-order valence-electron chi connectivity index (χ1n) is 7.32. The summed E-state index contributed by atoms with van der Waals surface area (Å²) >= 11 is 0. The summed E-state index contributed by atoms with van der Waals surface area (Å²) in [6.45, 7) is 11.6. The van der Waals surface area contributed by atoms with Crippen LogP contribution >= 0.6 is 0 Å². The molecule has 0 saturated heterocycles. The van der Waals surface area contributed by atoms with Crippen molar-refractivity contribution < 1.29 is 9.90 Å². The number of carbonyl (C=O) groups excluding carboxylic acids is 1. The molecule has 112 valence electrons. The van der Waals surface area contributed by atoms with Crippen molar-refractivity contribution in [3.05, 3.63) is 34.4 Å². The first-order chi connectivity index (χ1) is 9.36. The van der Waals surface area contributed by atoms with Gasteiger partial charge < -0.3 is 5.11 Å². The second kappa shape index (κ2) is 7.55. The SMILES string of the molecule is Cc1cc(C)c(C(=O)CN(CCCO)C(C)C)c(C)c1. The molecule has 0 radical (unpaired) electrons. The molecule has 1 aromatic rings. The number of hydrogen-bond donors (Lipinski definition) is 1. The van der Waals surface area contributed by atoms with Gasteiger partial charge in [0.1, 0.15) is 0 Å². The van der Waals surface area contributed by atoms with Gasteiger partial charge in [-0.3, -0.25) is 9.69 Å². The summed E-state index contributed by atoms with van der Waals surface area (Å²) in [6.07, 6.45) is 0.706. The average Bonchev–Trinajstić information content (AvgIpc) is 2.32. The van der Waals surface area contributed by atoms with E-state index < -0.39 is 0 Å². The summed E-state index contributed by atoms with van der Waals surface area (Å²) < 4.78 is 0. The molecule has 0 aliphatic heterocycles. The summed E-state index contributed by atoms with van der Waals surface area (Å²) in [7, 11) is 0. The molecule has 3 nitrogen and oxygen atoms in total. The molecule has 0 heterocycles. The Morgan fingerprint density at radius 3 is 2.20 bits per heavy atom. The third-order valence-corrected chi connectivity index (χ3v) is 3.64. The van der Waals surface area contributed by atoms with Crippen LogP contribution in [-0.4, -0.2) is 41.5 Å². The Morgan fingerprint density at radius 2 is 1.75 bits per heavy atom. The van der Waals surface area contributed by atoms with Crippen molar-refractivity contribution in [3.8, 4) is 0 Å². The predicted molar refractivity (Wildman–Crippen MR) is 83.4 cm³/mol. The van der Waals surface area contributed by atoms with Gasteiger partial charge in [0.25, 0.3) is 0 Å². The standard InChI is InChI=1S/C17H27NO2/c1-12(2)18(7-6-8-19)11-16(20)17-14(4)9-13(3)10-15(17)5/h9-10,12,19H,6-8,11H2,1-5H3. The fourth-order valence-corrected chi connectivity index (χ4v) is 2.68. The molecule has 0 fully saturated rings. The molecule has 0 aliphatic rings. The van der Waals surface area contributed by atoms with Gasteiger partial charge in [-0.2, -0.15) is 0 Å². The van der Waals surface area contributed by atoms with Gasteiger partial charge in [0, 0.05) is 24.8 Å². The van der Waals surface area contributed by atoms with E-state index in [1.54, 1.807) is 0 Å². The highest BCUT2D eigenvalue weighted by Gasteiger charge is 2.18. The lowest BCUT2D eigenvalue weighted by Gasteiger charge is -2.26. The lowest BCUT2D eigenvalue weighted by atomic mass is 9.96. The smallest absolute Gasteiger partial charge is 0.177 e. The van der Waals surface area contributed by atoms with E-state index >= 15 is 0 Å². The van der Waals surface area contributed by atoms with Gasteiger partial charge >= 0.3 is 0 Å². The topological polar surface area (TPSA) is 40.5 Å². The third-order valence-electron chi connectivity index (χ3n) is 3.64. The molecule has 0 aliphatic carbocycles. The van der Waals surface area contributed by atoms with Gasteiger partial charge in [0.2, 0.25) is 0 Å². The Kier molecular flexibility index (Phi) is 6.37. The maximum absolute atomic E-state index is 12.6. The number of aliphatic hydroxyl groups is 1. The zero-order chi connectivity index (χ0) is 15.3. The maximum atomic E-state index is 12.6. The quantitative estimate of drug-likeness (QED) is 0.779. The van der Waals surface area contributed by atoms with Crippen molar-refractivity contribution in [2.24, 2.45) is 0 Å². The second-order valence-corrected chi connectivity index (χ2v) is 5.84. The molecule has 0 saturated carbocycles. The monoisotopic (exact) mass is 277 g/mol. The molecule has 0 spiro atoms. The number of aryl methyl sites for hydroxylation is 3. The van der Waals surface area contributed by atoms with Crippen LogP contribution in [-0.2, 0) is 0 Å². The number of benzene rings is 1. The van der Waals surface area contributed by atoms with Crippen LogP contribution in [0.2, 0.25) is 0 Å². The van der Waals surface area contributed by atoms with Crippen LogP contribution < -0.4 is 0 Å². The third kappa shape index (κ3) is 4.43. The molecule has 0 atom stereocenters. The van der Waals surface area contributed by atoms with Crippen molar-refractivity contribution >= 4 is 5.78 Å². The highest BCUT2D eigenvalue weighted by molar-refractivity contribution is 6.00. The van der Waals surface area contributed by atoms with Gasteiger partial charge in [0.05, 0.1) is 6.54 Å². The zero-order valence-corrected chi connectivity index (χ0v) is 13.4. The van der Waals surface area contributed by atoms with E-state index in [2.05, 4.69) is 37.8 Å². The first kappa shape index (κ1) is 16.9. The maximum Gasteiger partial charge on any atom is 0.177 e. The summed E-state index contributed by atoms with van der Waals surface area (Å²) in [4.78, 5) is 14.7.